The third-order valence-electron chi connectivity index (χ3n) is 4.22. The minimum Gasteiger partial charge on any atom is -0.353 e. The van der Waals surface area contributed by atoms with E-state index in [1.807, 2.05) is 66.9 Å². The van der Waals surface area contributed by atoms with Crippen LogP contribution in [-0.2, 0) is 0 Å². The summed E-state index contributed by atoms with van der Waals surface area (Å²) in [6, 6.07) is 24.0. The van der Waals surface area contributed by atoms with Crippen LogP contribution in [-0.4, -0.2) is 11.2 Å². The van der Waals surface area contributed by atoms with Crippen molar-refractivity contribution in [3.63, 3.8) is 0 Å². The highest BCUT2D eigenvalue weighted by atomic mass is 79.9. The minimum atomic E-state index is 0.732. The number of aromatic nitrogens is 1. The number of H-pyrrole nitrogens is 1. The molecule has 0 spiro atoms. The Hall–Kier alpha value is -2.62. The highest BCUT2D eigenvalue weighted by Gasteiger charge is 2.09. The fourth-order valence-electron chi connectivity index (χ4n) is 2.87. The fourth-order valence-corrected chi connectivity index (χ4v) is 3.35. The molecule has 0 atom stereocenters. The molecule has 0 aliphatic carbocycles. The lowest BCUT2D eigenvalue weighted by Gasteiger charge is -1.97. The van der Waals surface area contributed by atoms with Gasteiger partial charge in [0.15, 0.2) is 0 Å². The van der Waals surface area contributed by atoms with Crippen LogP contribution in [0.4, 0.5) is 5.69 Å². The Balaban J connectivity index is 1.76. The molecule has 0 fully saturated rings. The lowest BCUT2D eigenvalue weighted by atomic mass is 10.1. The van der Waals surface area contributed by atoms with Gasteiger partial charge in [-0.3, -0.25) is 4.99 Å². The molecule has 0 unspecified atom stereocenters. The van der Waals surface area contributed by atoms with E-state index in [4.69, 9.17) is 16.6 Å². The number of rotatable bonds is 4. The van der Waals surface area contributed by atoms with Gasteiger partial charge in [-0.1, -0.05) is 76.1 Å². The van der Waals surface area contributed by atoms with E-state index in [9.17, 15) is 0 Å². The van der Waals surface area contributed by atoms with Gasteiger partial charge in [0, 0.05) is 26.6 Å². The zero-order chi connectivity index (χ0) is 18.6. The van der Waals surface area contributed by atoms with Crippen LogP contribution in [0.25, 0.3) is 23.1 Å². The van der Waals surface area contributed by atoms with E-state index < -0.39 is 0 Å². The molecule has 3 aromatic carbocycles. The van der Waals surface area contributed by atoms with Crippen LogP contribution in [0.3, 0.4) is 0 Å². The Kier molecular flexibility index (Phi) is 5.23. The van der Waals surface area contributed by atoms with Gasteiger partial charge in [-0.25, -0.2) is 0 Å². The molecule has 0 radical (unpaired) electrons. The highest BCUT2D eigenvalue weighted by Crippen LogP contribution is 2.33. The van der Waals surface area contributed by atoms with Crippen molar-refractivity contribution in [3.8, 4) is 0 Å². The van der Waals surface area contributed by atoms with Crippen molar-refractivity contribution >= 4 is 62.5 Å². The molecule has 0 aliphatic rings. The maximum atomic E-state index is 5.97. The first kappa shape index (κ1) is 17.8. The molecule has 4 aromatic rings. The Morgan fingerprint density at radius 2 is 1.63 bits per heavy atom. The number of fused-ring (bicyclic) bond motifs is 1. The topological polar surface area (TPSA) is 28.1 Å². The molecule has 27 heavy (non-hydrogen) atoms. The van der Waals surface area contributed by atoms with Gasteiger partial charge in [0.2, 0.25) is 0 Å². The Morgan fingerprint density at radius 1 is 0.852 bits per heavy atom. The molecule has 4 rings (SSSR count). The molecule has 0 amide bonds. The minimum absolute atomic E-state index is 0.732. The maximum Gasteiger partial charge on any atom is 0.0957 e. The van der Waals surface area contributed by atoms with Gasteiger partial charge in [0.25, 0.3) is 0 Å². The van der Waals surface area contributed by atoms with E-state index in [2.05, 4.69) is 45.2 Å². The molecule has 0 aliphatic heterocycles. The van der Waals surface area contributed by atoms with Crippen LogP contribution in [0.5, 0.6) is 0 Å². The molecular formula is C23H16BrClN2. The SMILES string of the molecule is Clc1ccc(/C=C/c2[nH]c3cc(Br)ccc3c2N=Cc2ccccc2)cc1. The quantitative estimate of drug-likeness (QED) is 0.321. The molecular weight excluding hydrogens is 420 g/mol. The van der Waals surface area contributed by atoms with Crippen molar-refractivity contribution in [2.24, 2.45) is 4.99 Å². The van der Waals surface area contributed by atoms with Crippen LogP contribution in [0.15, 0.2) is 82.3 Å². The van der Waals surface area contributed by atoms with Gasteiger partial charge in [-0.05, 0) is 47.5 Å². The van der Waals surface area contributed by atoms with Crippen molar-refractivity contribution in [2.75, 3.05) is 0 Å². The fraction of sp³-hybridized carbons (Fsp3) is 0. The zero-order valence-corrected chi connectivity index (χ0v) is 16.7. The summed E-state index contributed by atoms with van der Waals surface area (Å²) in [5.74, 6) is 0. The first-order valence-corrected chi connectivity index (χ1v) is 9.70. The van der Waals surface area contributed by atoms with Gasteiger partial charge in [-0.2, -0.15) is 0 Å². The second-order valence-electron chi connectivity index (χ2n) is 6.13. The third kappa shape index (κ3) is 4.21. The van der Waals surface area contributed by atoms with Crippen molar-refractivity contribution < 1.29 is 0 Å². The van der Waals surface area contributed by atoms with Gasteiger partial charge in [-0.15, -0.1) is 0 Å². The summed E-state index contributed by atoms with van der Waals surface area (Å²) in [6.45, 7) is 0. The highest BCUT2D eigenvalue weighted by molar-refractivity contribution is 9.10. The molecule has 2 nitrogen and oxygen atoms in total. The lowest BCUT2D eigenvalue weighted by Crippen LogP contribution is -1.79. The van der Waals surface area contributed by atoms with E-state index in [0.29, 0.717) is 0 Å². The first-order chi connectivity index (χ1) is 13.2. The third-order valence-corrected chi connectivity index (χ3v) is 4.96. The second-order valence-corrected chi connectivity index (χ2v) is 7.48. The summed E-state index contributed by atoms with van der Waals surface area (Å²) in [6.07, 6.45) is 6.00. The average Bonchev–Trinajstić information content (AvgIpc) is 3.03. The van der Waals surface area contributed by atoms with Gasteiger partial charge in [0.1, 0.15) is 0 Å². The second kappa shape index (κ2) is 7.95. The number of nitrogens with zero attached hydrogens (tertiary/aromatic N) is 1. The molecule has 1 N–H and O–H groups in total. The van der Waals surface area contributed by atoms with E-state index >= 15 is 0 Å². The Bertz CT molecular complexity index is 1130. The number of benzene rings is 3. The van der Waals surface area contributed by atoms with Crippen molar-refractivity contribution in [1.82, 2.24) is 4.98 Å². The molecule has 1 aromatic heterocycles. The van der Waals surface area contributed by atoms with E-state index in [0.717, 1.165) is 42.9 Å². The van der Waals surface area contributed by atoms with Crippen LogP contribution >= 0.6 is 27.5 Å². The number of nitrogens with one attached hydrogen (secondary N) is 1. The van der Waals surface area contributed by atoms with Crippen LogP contribution < -0.4 is 0 Å². The van der Waals surface area contributed by atoms with Gasteiger partial charge >= 0.3 is 0 Å². The van der Waals surface area contributed by atoms with Crippen LogP contribution in [0, 0.1) is 0 Å². The molecule has 4 heteroatoms. The molecule has 0 saturated carbocycles. The summed E-state index contributed by atoms with van der Waals surface area (Å²) >= 11 is 9.50. The van der Waals surface area contributed by atoms with Crippen molar-refractivity contribution in [3.05, 3.63) is 99.1 Å². The summed E-state index contributed by atoms with van der Waals surface area (Å²) < 4.78 is 1.03. The largest absolute Gasteiger partial charge is 0.353 e. The number of aromatic amines is 1. The predicted octanol–water partition coefficient (Wildman–Crippen LogP) is 7.50. The number of hydrogen-bond donors (Lipinski definition) is 1. The van der Waals surface area contributed by atoms with E-state index in [1.54, 1.807) is 0 Å². The summed E-state index contributed by atoms with van der Waals surface area (Å²) in [4.78, 5) is 8.24. The zero-order valence-electron chi connectivity index (χ0n) is 14.4. The van der Waals surface area contributed by atoms with E-state index in [-0.39, 0.29) is 0 Å². The van der Waals surface area contributed by atoms with Crippen molar-refractivity contribution in [1.29, 1.82) is 0 Å². The maximum absolute atomic E-state index is 5.97. The van der Waals surface area contributed by atoms with Crippen LogP contribution in [0.1, 0.15) is 16.8 Å². The Morgan fingerprint density at radius 3 is 2.41 bits per heavy atom. The smallest absolute Gasteiger partial charge is 0.0957 e. The van der Waals surface area contributed by atoms with Gasteiger partial charge < -0.3 is 4.98 Å². The molecule has 132 valence electrons. The van der Waals surface area contributed by atoms with Crippen LogP contribution in [0.2, 0.25) is 5.02 Å². The van der Waals surface area contributed by atoms with E-state index in [1.165, 1.54) is 0 Å². The number of halogens is 2. The summed E-state index contributed by atoms with van der Waals surface area (Å²) in [5, 5.41) is 1.82. The van der Waals surface area contributed by atoms with Crippen molar-refractivity contribution in [2.45, 2.75) is 0 Å². The molecule has 1 heterocycles. The Labute approximate surface area is 171 Å². The predicted molar refractivity (Wildman–Crippen MR) is 120 cm³/mol. The lowest BCUT2D eigenvalue weighted by molar-refractivity contribution is 1.41. The number of aliphatic imine (C=N–C) groups is 1. The standard InChI is InChI=1S/C23H16BrClN2/c24-18-9-12-20-22(14-18)27-21(13-8-16-6-10-19(25)11-7-16)23(20)26-15-17-4-2-1-3-5-17/h1-15,27H/b13-8+,26-15?. The first-order valence-electron chi connectivity index (χ1n) is 8.53. The van der Waals surface area contributed by atoms with Gasteiger partial charge in [0.05, 0.1) is 11.4 Å². The normalized spacial score (nSPS) is 11.8. The monoisotopic (exact) mass is 434 g/mol. The molecule has 0 bridgehead atoms. The number of hydrogen-bond acceptors (Lipinski definition) is 1. The summed E-state index contributed by atoms with van der Waals surface area (Å²) in [7, 11) is 0. The summed E-state index contributed by atoms with van der Waals surface area (Å²) in [5.41, 5.74) is 5.07. The average molecular weight is 436 g/mol. The molecule has 0 saturated heterocycles.